The van der Waals surface area contributed by atoms with Crippen molar-refractivity contribution in [3.8, 4) is 0 Å². The SMILES string of the molecule is CC(C)N1C(=O)CCC(C(=O)O)C1c1ccc(Br)cc1F. The third kappa shape index (κ3) is 3.10. The summed E-state index contributed by atoms with van der Waals surface area (Å²) in [5, 5.41) is 9.43. The van der Waals surface area contributed by atoms with Gasteiger partial charge in [0.05, 0.1) is 12.0 Å². The molecule has 0 aliphatic carbocycles. The van der Waals surface area contributed by atoms with Gasteiger partial charge in [0.2, 0.25) is 5.91 Å². The Morgan fingerprint density at radius 1 is 1.48 bits per heavy atom. The highest BCUT2D eigenvalue weighted by molar-refractivity contribution is 9.10. The maximum Gasteiger partial charge on any atom is 0.308 e. The second-order valence-electron chi connectivity index (χ2n) is 5.49. The number of carboxylic acid groups (broad SMARTS) is 1. The molecule has 114 valence electrons. The molecule has 1 aliphatic rings. The molecule has 1 aromatic carbocycles. The van der Waals surface area contributed by atoms with Crippen molar-refractivity contribution in [3.63, 3.8) is 0 Å². The van der Waals surface area contributed by atoms with E-state index in [1.807, 2.05) is 13.8 Å². The minimum absolute atomic E-state index is 0.130. The standard InChI is InChI=1S/C15H17BrFNO3/c1-8(2)18-13(19)6-5-11(15(20)21)14(18)10-4-3-9(16)7-12(10)17/h3-4,7-8,11,14H,5-6H2,1-2H3,(H,20,21). The lowest BCUT2D eigenvalue weighted by atomic mass is 9.83. The first-order valence-electron chi connectivity index (χ1n) is 6.82. The summed E-state index contributed by atoms with van der Waals surface area (Å²) in [5.74, 6) is -2.42. The van der Waals surface area contributed by atoms with Crippen molar-refractivity contribution in [3.05, 3.63) is 34.1 Å². The summed E-state index contributed by atoms with van der Waals surface area (Å²) >= 11 is 3.18. The quantitative estimate of drug-likeness (QED) is 0.902. The normalized spacial score (nSPS) is 22.7. The minimum Gasteiger partial charge on any atom is -0.481 e. The molecule has 1 heterocycles. The number of carbonyl (C=O) groups excluding carboxylic acids is 1. The first kappa shape index (κ1) is 15.9. The summed E-state index contributed by atoms with van der Waals surface area (Å²) in [6.45, 7) is 3.62. The zero-order chi connectivity index (χ0) is 15.7. The maximum atomic E-state index is 14.3. The van der Waals surface area contributed by atoms with Crippen LogP contribution >= 0.6 is 15.9 Å². The summed E-state index contributed by atoms with van der Waals surface area (Å²) in [4.78, 5) is 25.2. The summed E-state index contributed by atoms with van der Waals surface area (Å²) in [6.07, 6.45) is 0.418. The zero-order valence-corrected chi connectivity index (χ0v) is 13.4. The van der Waals surface area contributed by atoms with Gasteiger partial charge in [-0.15, -0.1) is 0 Å². The number of piperidine rings is 1. The van der Waals surface area contributed by atoms with Crippen LogP contribution in [0.15, 0.2) is 22.7 Å². The number of amides is 1. The number of carboxylic acids is 1. The topological polar surface area (TPSA) is 57.6 Å². The van der Waals surface area contributed by atoms with Crippen LogP contribution < -0.4 is 0 Å². The van der Waals surface area contributed by atoms with E-state index in [4.69, 9.17) is 0 Å². The number of rotatable bonds is 3. The summed E-state index contributed by atoms with van der Waals surface area (Å²) in [7, 11) is 0. The molecule has 2 unspecified atom stereocenters. The molecule has 0 saturated carbocycles. The lowest BCUT2D eigenvalue weighted by Gasteiger charge is -2.42. The van der Waals surface area contributed by atoms with E-state index < -0.39 is 23.7 Å². The fraction of sp³-hybridized carbons (Fsp3) is 0.467. The molecule has 0 radical (unpaired) electrons. The van der Waals surface area contributed by atoms with Crippen molar-refractivity contribution in [1.82, 2.24) is 4.90 Å². The second kappa shape index (κ2) is 6.13. The third-order valence-electron chi connectivity index (χ3n) is 3.79. The number of benzene rings is 1. The summed E-state index contributed by atoms with van der Waals surface area (Å²) < 4.78 is 14.9. The molecule has 6 heteroatoms. The summed E-state index contributed by atoms with van der Waals surface area (Å²) in [6, 6.07) is 3.55. The smallest absolute Gasteiger partial charge is 0.308 e. The van der Waals surface area contributed by atoms with Crippen molar-refractivity contribution >= 4 is 27.8 Å². The lowest BCUT2D eigenvalue weighted by molar-refractivity contribution is -0.153. The zero-order valence-electron chi connectivity index (χ0n) is 11.8. The lowest BCUT2D eigenvalue weighted by Crippen LogP contribution is -2.48. The van der Waals surface area contributed by atoms with E-state index in [1.165, 1.54) is 11.0 Å². The number of halogens is 2. The Bertz CT molecular complexity index is 576. The Kier molecular flexibility index (Phi) is 4.66. The van der Waals surface area contributed by atoms with Crippen LogP contribution in [0.3, 0.4) is 0 Å². The van der Waals surface area contributed by atoms with Crippen LogP contribution in [0, 0.1) is 11.7 Å². The number of aliphatic carboxylic acids is 1. The van der Waals surface area contributed by atoms with Gasteiger partial charge in [-0.3, -0.25) is 9.59 Å². The Morgan fingerprint density at radius 2 is 2.14 bits per heavy atom. The highest BCUT2D eigenvalue weighted by Gasteiger charge is 2.42. The number of hydrogen-bond acceptors (Lipinski definition) is 2. The molecule has 1 aromatic rings. The van der Waals surface area contributed by atoms with Crippen LogP contribution in [0.25, 0.3) is 0 Å². The second-order valence-corrected chi connectivity index (χ2v) is 6.40. The molecule has 0 bridgehead atoms. The summed E-state index contributed by atoms with van der Waals surface area (Å²) in [5.41, 5.74) is 0.257. The predicted molar refractivity (Wildman–Crippen MR) is 79.2 cm³/mol. The van der Waals surface area contributed by atoms with Crippen LogP contribution in [0.2, 0.25) is 0 Å². The van der Waals surface area contributed by atoms with Gasteiger partial charge in [0, 0.05) is 22.5 Å². The molecule has 2 atom stereocenters. The van der Waals surface area contributed by atoms with Crippen LogP contribution in [0.4, 0.5) is 4.39 Å². The van der Waals surface area contributed by atoms with E-state index in [-0.39, 0.29) is 30.4 Å². The molecule has 1 amide bonds. The Labute approximate surface area is 131 Å². The minimum atomic E-state index is -1.000. The van der Waals surface area contributed by atoms with Gasteiger partial charge < -0.3 is 10.0 Å². The highest BCUT2D eigenvalue weighted by atomic mass is 79.9. The van der Waals surface area contributed by atoms with Gasteiger partial charge in [-0.25, -0.2) is 4.39 Å². The van der Waals surface area contributed by atoms with Crippen molar-refractivity contribution in [2.75, 3.05) is 0 Å². The van der Waals surface area contributed by atoms with Crippen molar-refractivity contribution in [2.24, 2.45) is 5.92 Å². The van der Waals surface area contributed by atoms with Gasteiger partial charge in [-0.2, -0.15) is 0 Å². The van der Waals surface area contributed by atoms with Crippen LogP contribution in [0.5, 0.6) is 0 Å². The first-order chi connectivity index (χ1) is 9.82. The predicted octanol–water partition coefficient (Wildman–Crippen LogP) is 3.36. The van der Waals surface area contributed by atoms with Gasteiger partial charge in [0.1, 0.15) is 5.82 Å². The van der Waals surface area contributed by atoms with Crippen LogP contribution in [-0.2, 0) is 9.59 Å². The molecule has 1 N–H and O–H groups in total. The Balaban J connectivity index is 2.54. The van der Waals surface area contributed by atoms with Crippen molar-refractivity contribution < 1.29 is 19.1 Å². The van der Waals surface area contributed by atoms with Gasteiger partial charge in [0.15, 0.2) is 0 Å². The van der Waals surface area contributed by atoms with Gasteiger partial charge in [-0.05, 0) is 32.4 Å². The van der Waals surface area contributed by atoms with Crippen LogP contribution in [-0.4, -0.2) is 27.9 Å². The maximum absolute atomic E-state index is 14.3. The Hall–Kier alpha value is -1.43. The molecule has 4 nitrogen and oxygen atoms in total. The molecule has 1 fully saturated rings. The molecule has 21 heavy (non-hydrogen) atoms. The largest absolute Gasteiger partial charge is 0.481 e. The average molecular weight is 358 g/mol. The molecule has 0 spiro atoms. The number of nitrogens with zero attached hydrogens (tertiary/aromatic N) is 1. The van der Waals surface area contributed by atoms with E-state index in [0.717, 1.165) is 0 Å². The molecular weight excluding hydrogens is 341 g/mol. The third-order valence-corrected chi connectivity index (χ3v) is 4.29. The number of hydrogen-bond donors (Lipinski definition) is 1. The monoisotopic (exact) mass is 357 g/mol. The number of likely N-dealkylation sites (tertiary alicyclic amines) is 1. The molecule has 0 aromatic heterocycles. The van der Waals surface area contributed by atoms with Gasteiger partial charge in [-0.1, -0.05) is 22.0 Å². The fourth-order valence-electron chi connectivity index (χ4n) is 2.89. The Morgan fingerprint density at radius 3 is 2.67 bits per heavy atom. The van der Waals surface area contributed by atoms with Gasteiger partial charge >= 0.3 is 5.97 Å². The highest BCUT2D eigenvalue weighted by Crippen LogP contribution is 2.39. The number of carbonyl (C=O) groups is 2. The molecule has 1 aliphatic heterocycles. The van der Waals surface area contributed by atoms with E-state index in [0.29, 0.717) is 4.47 Å². The van der Waals surface area contributed by atoms with E-state index in [1.54, 1.807) is 12.1 Å². The fourth-order valence-corrected chi connectivity index (χ4v) is 3.22. The molecule has 1 saturated heterocycles. The van der Waals surface area contributed by atoms with Crippen LogP contribution in [0.1, 0.15) is 38.3 Å². The van der Waals surface area contributed by atoms with Crippen molar-refractivity contribution in [1.29, 1.82) is 0 Å². The van der Waals surface area contributed by atoms with E-state index in [2.05, 4.69) is 15.9 Å². The van der Waals surface area contributed by atoms with E-state index in [9.17, 15) is 19.1 Å². The molecular formula is C15H17BrFNO3. The van der Waals surface area contributed by atoms with Crippen molar-refractivity contribution in [2.45, 2.75) is 38.8 Å². The molecule has 2 rings (SSSR count). The first-order valence-corrected chi connectivity index (χ1v) is 7.61. The average Bonchev–Trinajstić information content (AvgIpc) is 2.37. The van der Waals surface area contributed by atoms with Gasteiger partial charge in [0.25, 0.3) is 0 Å². The van der Waals surface area contributed by atoms with E-state index >= 15 is 0 Å².